The van der Waals surface area contributed by atoms with E-state index in [2.05, 4.69) is 27.4 Å². The number of rotatable bonds is 4. The van der Waals surface area contributed by atoms with Gasteiger partial charge in [-0.15, -0.1) is 0 Å². The third kappa shape index (κ3) is 3.49. The van der Waals surface area contributed by atoms with Gasteiger partial charge in [0.15, 0.2) is 5.76 Å². The monoisotopic (exact) mass is 369 g/mol. The molecule has 3 heterocycles. The highest BCUT2D eigenvalue weighted by atomic mass is 16.7. The van der Waals surface area contributed by atoms with Crippen LogP contribution in [0, 0.1) is 13.8 Å². The van der Waals surface area contributed by atoms with Gasteiger partial charge < -0.3 is 19.6 Å². The number of fused-ring (bicyclic) bond motifs is 1. The number of anilines is 1. The Kier molecular flexibility index (Phi) is 4.51. The molecule has 0 spiro atoms. The molecule has 0 aliphatic heterocycles. The van der Waals surface area contributed by atoms with E-state index >= 15 is 0 Å². The highest BCUT2D eigenvalue weighted by Crippen LogP contribution is 2.35. The van der Waals surface area contributed by atoms with Crippen molar-refractivity contribution in [1.82, 2.24) is 9.38 Å². The first kappa shape index (κ1) is 17.5. The predicted molar refractivity (Wildman–Crippen MR) is 102 cm³/mol. The minimum absolute atomic E-state index is 0.0638. The van der Waals surface area contributed by atoms with Crippen LogP contribution >= 0.6 is 0 Å². The Morgan fingerprint density at radius 3 is 2.78 bits per heavy atom. The molecule has 1 fully saturated rings. The number of imidazole rings is 1. The molecule has 0 atom stereocenters. The van der Waals surface area contributed by atoms with Gasteiger partial charge in [-0.2, -0.15) is 0 Å². The first-order chi connectivity index (χ1) is 13.0. The summed E-state index contributed by atoms with van der Waals surface area (Å²) in [6.07, 6.45) is 4.58. The predicted octanol–water partition coefficient (Wildman–Crippen LogP) is 5.01. The molecule has 3 aromatic heterocycles. The van der Waals surface area contributed by atoms with E-state index in [1.54, 1.807) is 6.07 Å². The third-order valence-electron chi connectivity index (χ3n) is 5.00. The van der Waals surface area contributed by atoms with Crippen LogP contribution < -0.4 is 10.1 Å². The fourth-order valence-electron chi connectivity index (χ4n) is 3.86. The molecule has 1 aliphatic rings. The second-order valence-corrected chi connectivity index (χ2v) is 7.14. The van der Waals surface area contributed by atoms with Gasteiger partial charge in [-0.1, -0.05) is 19.3 Å². The minimum atomic E-state index is -1.40. The van der Waals surface area contributed by atoms with E-state index in [4.69, 9.17) is 14.5 Å². The van der Waals surface area contributed by atoms with Crippen molar-refractivity contribution in [3.05, 3.63) is 35.5 Å². The number of hydrogen-bond donors (Lipinski definition) is 2. The van der Waals surface area contributed by atoms with Gasteiger partial charge in [0.1, 0.15) is 17.2 Å². The Hall–Kier alpha value is -2.96. The molecule has 0 unspecified atom stereocenters. The van der Waals surface area contributed by atoms with Gasteiger partial charge in [-0.05, 0) is 50.5 Å². The van der Waals surface area contributed by atoms with Crippen LogP contribution in [0.15, 0.2) is 28.7 Å². The molecule has 142 valence electrons. The van der Waals surface area contributed by atoms with Crippen LogP contribution in [0.2, 0.25) is 0 Å². The fraction of sp³-hybridized carbons (Fsp3) is 0.400. The maximum Gasteiger partial charge on any atom is 0.513 e. The summed E-state index contributed by atoms with van der Waals surface area (Å²) in [7, 11) is 0. The molecule has 4 rings (SSSR count). The molecule has 2 N–H and O–H groups in total. The fourth-order valence-corrected chi connectivity index (χ4v) is 3.86. The lowest BCUT2D eigenvalue weighted by Gasteiger charge is -2.24. The van der Waals surface area contributed by atoms with E-state index < -0.39 is 6.16 Å². The van der Waals surface area contributed by atoms with Gasteiger partial charge in [0, 0.05) is 17.8 Å². The van der Waals surface area contributed by atoms with Gasteiger partial charge in [0.2, 0.25) is 0 Å². The Bertz CT molecular complexity index is 983. The van der Waals surface area contributed by atoms with Gasteiger partial charge in [0.25, 0.3) is 5.95 Å². The Morgan fingerprint density at radius 1 is 1.26 bits per heavy atom. The number of furan rings is 1. The quantitative estimate of drug-likeness (QED) is 0.628. The zero-order valence-electron chi connectivity index (χ0n) is 15.5. The van der Waals surface area contributed by atoms with Crippen LogP contribution in [-0.4, -0.2) is 26.7 Å². The molecule has 0 bridgehead atoms. The molecule has 0 amide bonds. The molecule has 7 heteroatoms. The number of hydrogen-bond acceptors (Lipinski definition) is 5. The van der Waals surface area contributed by atoms with Crippen molar-refractivity contribution in [3.63, 3.8) is 0 Å². The van der Waals surface area contributed by atoms with E-state index in [1.165, 1.54) is 25.3 Å². The summed E-state index contributed by atoms with van der Waals surface area (Å²) in [4.78, 5) is 15.5. The first-order valence-electron chi connectivity index (χ1n) is 9.28. The summed E-state index contributed by atoms with van der Waals surface area (Å²) in [6.45, 7) is 4.10. The number of nitrogens with one attached hydrogen (secondary N) is 1. The van der Waals surface area contributed by atoms with Crippen LogP contribution in [-0.2, 0) is 0 Å². The van der Waals surface area contributed by atoms with E-state index in [0.717, 1.165) is 35.6 Å². The lowest BCUT2D eigenvalue weighted by atomic mass is 9.95. The average molecular weight is 369 g/mol. The maximum atomic E-state index is 10.8. The third-order valence-corrected chi connectivity index (χ3v) is 5.00. The number of aromatic nitrogens is 2. The van der Waals surface area contributed by atoms with E-state index in [0.29, 0.717) is 17.5 Å². The van der Waals surface area contributed by atoms with Crippen LogP contribution in [0.4, 0.5) is 10.6 Å². The maximum absolute atomic E-state index is 10.8. The van der Waals surface area contributed by atoms with Gasteiger partial charge >= 0.3 is 6.16 Å². The van der Waals surface area contributed by atoms with Crippen molar-refractivity contribution in [2.75, 3.05) is 5.32 Å². The second kappa shape index (κ2) is 6.98. The Labute approximate surface area is 157 Å². The highest BCUT2D eigenvalue weighted by Gasteiger charge is 2.23. The molecule has 0 radical (unpaired) electrons. The highest BCUT2D eigenvalue weighted by molar-refractivity contribution is 5.75. The lowest BCUT2D eigenvalue weighted by Crippen LogP contribution is -2.23. The zero-order valence-corrected chi connectivity index (χ0v) is 15.5. The molecule has 0 saturated heterocycles. The summed E-state index contributed by atoms with van der Waals surface area (Å²) in [6, 6.07) is 7.72. The normalized spacial score (nSPS) is 15.2. The van der Waals surface area contributed by atoms with Crippen LogP contribution in [0.3, 0.4) is 0 Å². The van der Waals surface area contributed by atoms with Gasteiger partial charge in [0.05, 0.1) is 0 Å². The summed E-state index contributed by atoms with van der Waals surface area (Å²) in [5.74, 6) is 1.29. The minimum Gasteiger partial charge on any atom is -0.449 e. The van der Waals surface area contributed by atoms with Crippen LogP contribution in [0.25, 0.3) is 17.1 Å². The van der Waals surface area contributed by atoms with Crippen LogP contribution in [0.1, 0.15) is 43.4 Å². The number of ether oxygens (including phenoxy) is 1. The largest absolute Gasteiger partial charge is 0.513 e. The van der Waals surface area contributed by atoms with Crippen molar-refractivity contribution in [3.8, 4) is 17.4 Å². The van der Waals surface area contributed by atoms with Crippen molar-refractivity contribution in [1.29, 1.82) is 0 Å². The number of carbonyl (C=O) groups is 1. The standard InChI is InChI=1S/C20H23N3O4/c1-12-10-13(2)23-16(11-12)22-18(15-8-9-17(26-15)27-20(24)25)19(23)21-14-6-4-3-5-7-14/h8-11,14,21H,3-7H2,1-2H3,(H,24,25). The van der Waals surface area contributed by atoms with Crippen molar-refractivity contribution in [2.24, 2.45) is 0 Å². The van der Waals surface area contributed by atoms with Gasteiger partial charge in [-0.25, -0.2) is 9.78 Å². The van der Waals surface area contributed by atoms with Crippen molar-refractivity contribution < 1.29 is 19.1 Å². The van der Waals surface area contributed by atoms with Crippen LogP contribution in [0.5, 0.6) is 5.95 Å². The van der Waals surface area contributed by atoms with Crippen molar-refractivity contribution in [2.45, 2.75) is 52.0 Å². The zero-order chi connectivity index (χ0) is 19.0. The van der Waals surface area contributed by atoms with E-state index in [-0.39, 0.29) is 5.95 Å². The molecule has 0 aromatic carbocycles. The molecular weight excluding hydrogens is 346 g/mol. The van der Waals surface area contributed by atoms with Crippen molar-refractivity contribution >= 4 is 17.6 Å². The smallest absolute Gasteiger partial charge is 0.449 e. The average Bonchev–Trinajstić information content (AvgIpc) is 3.20. The lowest BCUT2D eigenvalue weighted by molar-refractivity contribution is 0.133. The summed E-state index contributed by atoms with van der Waals surface area (Å²) < 4.78 is 12.3. The second-order valence-electron chi connectivity index (χ2n) is 7.14. The number of nitrogens with zero attached hydrogens (tertiary/aromatic N) is 2. The van der Waals surface area contributed by atoms with E-state index in [9.17, 15) is 4.79 Å². The molecule has 1 aliphatic carbocycles. The Balaban J connectivity index is 1.80. The summed E-state index contributed by atoms with van der Waals surface area (Å²) >= 11 is 0. The molecule has 27 heavy (non-hydrogen) atoms. The molecule has 3 aromatic rings. The number of carboxylic acid groups (broad SMARTS) is 1. The SMILES string of the molecule is Cc1cc(C)n2c(NC3CCCCC3)c(-c3ccc(OC(=O)O)o3)nc2c1. The first-order valence-corrected chi connectivity index (χ1v) is 9.28. The summed E-state index contributed by atoms with van der Waals surface area (Å²) in [5.41, 5.74) is 3.71. The van der Waals surface area contributed by atoms with Gasteiger partial charge in [-0.3, -0.25) is 4.40 Å². The molecule has 7 nitrogen and oxygen atoms in total. The summed E-state index contributed by atoms with van der Waals surface area (Å²) in [5, 5.41) is 12.4. The number of aryl methyl sites for hydroxylation is 2. The molecular formula is C20H23N3O4. The van der Waals surface area contributed by atoms with E-state index in [1.807, 2.05) is 13.0 Å². The topological polar surface area (TPSA) is 89.0 Å². The molecule has 1 saturated carbocycles. The Morgan fingerprint density at radius 2 is 2.04 bits per heavy atom. The number of pyridine rings is 1.